The van der Waals surface area contributed by atoms with Crippen molar-refractivity contribution in [3.8, 4) is 0 Å². The minimum Gasteiger partial charge on any atom is -0.377 e. The fraction of sp³-hybridized carbons (Fsp3) is 1.00. The largest absolute Gasteiger partial charge is 0.377 e. The second kappa shape index (κ2) is 8.13. The first-order valence-corrected chi connectivity index (χ1v) is 7.58. The van der Waals surface area contributed by atoms with Crippen LogP contribution >= 0.6 is 0 Å². The van der Waals surface area contributed by atoms with Crippen LogP contribution in [0.15, 0.2) is 0 Å². The highest BCUT2D eigenvalue weighted by Gasteiger charge is 2.27. The van der Waals surface area contributed by atoms with E-state index >= 15 is 0 Å². The molecule has 1 rings (SSSR count). The molecular formula is C15H32N2O. The van der Waals surface area contributed by atoms with Gasteiger partial charge in [0.05, 0.1) is 12.7 Å². The molecule has 0 bridgehead atoms. The molecule has 0 heterocycles. The van der Waals surface area contributed by atoms with E-state index in [4.69, 9.17) is 10.5 Å². The van der Waals surface area contributed by atoms with Crippen molar-refractivity contribution in [3.63, 3.8) is 0 Å². The number of rotatable bonds is 7. The van der Waals surface area contributed by atoms with Crippen molar-refractivity contribution in [2.24, 2.45) is 17.6 Å². The molecule has 1 fully saturated rings. The van der Waals surface area contributed by atoms with Gasteiger partial charge in [-0.2, -0.15) is 0 Å². The first-order valence-electron chi connectivity index (χ1n) is 7.58. The fourth-order valence-electron chi connectivity index (χ4n) is 2.90. The van der Waals surface area contributed by atoms with Gasteiger partial charge in [0.2, 0.25) is 0 Å². The molecule has 0 radical (unpaired) electrons. The summed E-state index contributed by atoms with van der Waals surface area (Å²) >= 11 is 0. The topological polar surface area (TPSA) is 38.5 Å². The molecule has 108 valence electrons. The van der Waals surface area contributed by atoms with E-state index in [2.05, 4.69) is 32.7 Å². The lowest BCUT2D eigenvalue weighted by Crippen LogP contribution is -2.42. The summed E-state index contributed by atoms with van der Waals surface area (Å²) in [6, 6.07) is 0.404. The molecule has 0 aromatic carbocycles. The van der Waals surface area contributed by atoms with Gasteiger partial charge < -0.3 is 15.4 Å². The van der Waals surface area contributed by atoms with Crippen molar-refractivity contribution < 1.29 is 4.74 Å². The van der Waals surface area contributed by atoms with Crippen LogP contribution in [0.25, 0.3) is 0 Å². The molecule has 0 amide bonds. The summed E-state index contributed by atoms with van der Waals surface area (Å²) in [6.07, 6.45) is 5.49. The Kier molecular flexibility index (Phi) is 7.20. The van der Waals surface area contributed by atoms with E-state index < -0.39 is 0 Å². The van der Waals surface area contributed by atoms with Crippen LogP contribution < -0.4 is 5.73 Å². The van der Waals surface area contributed by atoms with Crippen LogP contribution in [0.5, 0.6) is 0 Å². The van der Waals surface area contributed by atoms with Gasteiger partial charge in [-0.1, -0.05) is 13.3 Å². The van der Waals surface area contributed by atoms with Crippen molar-refractivity contribution >= 4 is 0 Å². The lowest BCUT2D eigenvalue weighted by atomic mass is 9.77. The molecule has 0 saturated heterocycles. The summed E-state index contributed by atoms with van der Waals surface area (Å²) in [5.74, 6) is 1.57. The van der Waals surface area contributed by atoms with Crippen LogP contribution in [-0.4, -0.2) is 43.8 Å². The van der Waals surface area contributed by atoms with E-state index in [1.54, 1.807) is 0 Å². The molecule has 18 heavy (non-hydrogen) atoms. The van der Waals surface area contributed by atoms with E-state index in [1.807, 2.05) is 0 Å². The van der Waals surface area contributed by atoms with Gasteiger partial charge >= 0.3 is 0 Å². The van der Waals surface area contributed by atoms with E-state index in [-0.39, 0.29) is 0 Å². The molecular weight excluding hydrogens is 224 g/mol. The maximum Gasteiger partial charge on any atom is 0.0596 e. The summed E-state index contributed by atoms with van der Waals surface area (Å²) in [5.41, 5.74) is 6.26. The van der Waals surface area contributed by atoms with Gasteiger partial charge in [0, 0.05) is 19.1 Å². The van der Waals surface area contributed by atoms with Gasteiger partial charge in [-0.25, -0.2) is 0 Å². The average Bonchev–Trinajstić information content (AvgIpc) is 2.31. The molecule has 0 aromatic rings. The third-order valence-corrected chi connectivity index (χ3v) is 4.20. The highest BCUT2D eigenvalue weighted by atomic mass is 16.5. The maximum absolute atomic E-state index is 6.26. The van der Waals surface area contributed by atoms with Gasteiger partial charge in [-0.05, 0) is 52.0 Å². The molecule has 3 unspecified atom stereocenters. The van der Waals surface area contributed by atoms with Gasteiger partial charge in [0.1, 0.15) is 0 Å². The van der Waals surface area contributed by atoms with Crippen LogP contribution in [0.3, 0.4) is 0 Å². The third kappa shape index (κ3) is 5.68. The molecule has 1 aliphatic carbocycles. The summed E-state index contributed by atoms with van der Waals surface area (Å²) in [4.78, 5) is 2.38. The normalized spacial score (nSPS) is 29.2. The Balaban J connectivity index is 2.26. The second-order valence-corrected chi connectivity index (χ2v) is 6.19. The molecule has 3 heteroatoms. The van der Waals surface area contributed by atoms with Gasteiger partial charge in [-0.3, -0.25) is 0 Å². The lowest BCUT2D eigenvalue weighted by molar-refractivity contribution is 0.0574. The molecule has 1 aliphatic rings. The average molecular weight is 256 g/mol. The summed E-state index contributed by atoms with van der Waals surface area (Å²) in [5, 5.41) is 0. The van der Waals surface area contributed by atoms with Crippen LogP contribution in [-0.2, 0) is 4.74 Å². The van der Waals surface area contributed by atoms with Crippen molar-refractivity contribution in [1.82, 2.24) is 4.90 Å². The number of hydrogen-bond donors (Lipinski definition) is 1. The Morgan fingerprint density at radius 2 is 2.06 bits per heavy atom. The van der Waals surface area contributed by atoms with Crippen molar-refractivity contribution in [2.45, 2.75) is 58.6 Å². The number of likely N-dealkylation sites (N-methyl/N-ethyl adjacent to an activating group) is 1. The van der Waals surface area contributed by atoms with Crippen LogP contribution in [0.4, 0.5) is 0 Å². The minimum absolute atomic E-state index is 0.333. The zero-order chi connectivity index (χ0) is 13.5. The Hall–Kier alpha value is -0.120. The Bertz CT molecular complexity index is 221. The van der Waals surface area contributed by atoms with Crippen molar-refractivity contribution in [1.29, 1.82) is 0 Å². The van der Waals surface area contributed by atoms with E-state index in [0.717, 1.165) is 25.6 Å². The van der Waals surface area contributed by atoms with Crippen LogP contribution in [0.1, 0.15) is 46.5 Å². The molecule has 0 aromatic heterocycles. The zero-order valence-electron chi connectivity index (χ0n) is 12.7. The summed E-state index contributed by atoms with van der Waals surface area (Å²) in [6.45, 7) is 9.44. The van der Waals surface area contributed by atoms with E-state index in [9.17, 15) is 0 Å². The molecule has 3 atom stereocenters. The number of ether oxygens (including phenoxy) is 1. The third-order valence-electron chi connectivity index (χ3n) is 4.20. The van der Waals surface area contributed by atoms with E-state index in [0.29, 0.717) is 18.1 Å². The highest BCUT2D eigenvalue weighted by Crippen LogP contribution is 2.30. The second-order valence-electron chi connectivity index (χ2n) is 6.19. The molecule has 0 aliphatic heterocycles. The molecule has 3 nitrogen and oxygen atoms in total. The first-order chi connectivity index (χ1) is 8.52. The zero-order valence-corrected chi connectivity index (χ0v) is 12.7. The van der Waals surface area contributed by atoms with Gasteiger partial charge in [0.15, 0.2) is 0 Å². The van der Waals surface area contributed by atoms with Crippen LogP contribution in [0.2, 0.25) is 0 Å². The van der Waals surface area contributed by atoms with Gasteiger partial charge in [-0.15, -0.1) is 0 Å². The SMILES string of the molecule is CCC1CCC(N)C(CN(C)CCOC(C)C)C1. The molecule has 1 saturated carbocycles. The maximum atomic E-state index is 6.26. The summed E-state index contributed by atoms with van der Waals surface area (Å²) < 4.78 is 5.60. The predicted octanol–water partition coefficient (Wildman–Crippen LogP) is 2.50. The quantitative estimate of drug-likeness (QED) is 0.760. The predicted molar refractivity (Wildman–Crippen MR) is 77.7 cm³/mol. The Morgan fingerprint density at radius 1 is 1.33 bits per heavy atom. The molecule has 2 N–H and O–H groups in total. The molecule has 0 spiro atoms. The number of hydrogen-bond acceptors (Lipinski definition) is 3. The van der Waals surface area contributed by atoms with Gasteiger partial charge in [0.25, 0.3) is 0 Å². The lowest BCUT2D eigenvalue weighted by Gasteiger charge is -2.36. The number of nitrogens with two attached hydrogens (primary N) is 1. The standard InChI is InChI=1S/C15H32N2O/c1-5-13-6-7-15(16)14(10-13)11-17(4)8-9-18-12(2)3/h12-15H,5-11,16H2,1-4H3. The van der Waals surface area contributed by atoms with Crippen LogP contribution in [0, 0.1) is 11.8 Å². The fourth-order valence-corrected chi connectivity index (χ4v) is 2.90. The minimum atomic E-state index is 0.333. The summed E-state index contributed by atoms with van der Waals surface area (Å²) in [7, 11) is 2.19. The highest BCUT2D eigenvalue weighted by molar-refractivity contribution is 4.83. The van der Waals surface area contributed by atoms with Crippen molar-refractivity contribution in [2.75, 3.05) is 26.7 Å². The Morgan fingerprint density at radius 3 is 2.67 bits per heavy atom. The first kappa shape index (κ1) is 15.9. The number of nitrogens with zero attached hydrogens (tertiary/aromatic N) is 1. The smallest absolute Gasteiger partial charge is 0.0596 e. The Labute approximate surface area is 113 Å². The van der Waals surface area contributed by atoms with Crippen molar-refractivity contribution in [3.05, 3.63) is 0 Å². The van der Waals surface area contributed by atoms with E-state index in [1.165, 1.54) is 25.7 Å². The monoisotopic (exact) mass is 256 g/mol.